The van der Waals surface area contributed by atoms with Gasteiger partial charge in [-0.2, -0.15) is 0 Å². The molecule has 3 heteroatoms. The van der Waals surface area contributed by atoms with Crippen LogP contribution in [0.4, 0.5) is 0 Å². The van der Waals surface area contributed by atoms with Gasteiger partial charge in [0, 0.05) is 10.1 Å². The Morgan fingerprint density at radius 1 is 1.06 bits per heavy atom. The molecular formula is C15H14O2S. The van der Waals surface area contributed by atoms with Crippen molar-refractivity contribution in [2.45, 2.75) is 17.1 Å². The van der Waals surface area contributed by atoms with Crippen molar-refractivity contribution in [2.75, 3.05) is 0 Å². The van der Waals surface area contributed by atoms with Gasteiger partial charge in [0.05, 0.1) is 5.56 Å². The van der Waals surface area contributed by atoms with Gasteiger partial charge in [-0.25, -0.2) is 4.79 Å². The first-order chi connectivity index (χ1) is 8.66. The lowest BCUT2D eigenvalue weighted by atomic mass is 10.2. The van der Waals surface area contributed by atoms with E-state index in [0.29, 0.717) is 10.8 Å². The van der Waals surface area contributed by atoms with Gasteiger partial charge in [0.2, 0.25) is 0 Å². The van der Waals surface area contributed by atoms with Gasteiger partial charge < -0.3 is 5.11 Å². The molecule has 1 unspecified atom stereocenters. The molecule has 0 aliphatic heterocycles. The molecule has 0 heterocycles. The molecule has 2 rings (SSSR count). The van der Waals surface area contributed by atoms with E-state index < -0.39 is 5.97 Å². The van der Waals surface area contributed by atoms with Crippen molar-refractivity contribution in [2.24, 2.45) is 0 Å². The highest BCUT2D eigenvalue weighted by Gasteiger charge is 2.07. The Morgan fingerprint density at radius 3 is 2.22 bits per heavy atom. The summed E-state index contributed by atoms with van der Waals surface area (Å²) < 4.78 is 0. The van der Waals surface area contributed by atoms with Crippen LogP contribution in [0, 0.1) is 0 Å². The standard InChI is InChI=1S/C15H14O2S/c1-11(12-5-3-2-4-6-12)18-14-9-7-13(8-10-14)15(16)17/h2-11H,1H3,(H,16,17). The number of carbonyl (C=O) groups is 1. The summed E-state index contributed by atoms with van der Waals surface area (Å²) in [5.41, 5.74) is 1.59. The van der Waals surface area contributed by atoms with E-state index in [1.165, 1.54) is 5.56 Å². The Bertz CT molecular complexity index is 520. The number of rotatable bonds is 4. The quantitative estimate of drug-likeness (QED) is 0.833. The first-order valence-electron chi connectivity index (χ1n) is 5.72. The summed E-state index contributed by atoms with van der Waals surface area (Å²) in [6, 6.07) is 17.3. The molecule has 92 valence electrons. The van der Waals surface area contributed by atoms with Crippen LogP contribution in [0.15, 0.2) is 59.5 Å². The van der Waals surface area contributed by atoms with Crippen LogP contribution < -0.4 is 0 Å². The predicted octanol–water partition coefficient (Wildman–Crippen LogP) is 4.24. The Balaban J connectivity index is 2.08. The van der Waals surface area contributed by atoms with E-state index in [1.807, 2.05) is 30.3 Å². The van der Waals surface area contributed by atoms with Gasteiger partial charge in [-0.05, 0) is 36.8 Å². The van der Waals surface area contributed by atoms with Crippen molar-refractivity contribution in [3.63, 3.8) is 0 Å². The summed E-state index contributed by atoms with van der Waals surface area (Å²) in [7, 11) is 0. The molecule has 2 aromatic rings. The van der Waals surface area contributed by atoms with E-state index in [4.69, 9.17) is 5.11 Å². The number of aromatic carboxylic acids is 1. The Kier molecular flexibility index (Phi) is 4.05. The summed E-state index contributed by atoms with van der Waals surface area (Å²) in [5.74, 6) is -0.886. The second-order valence-corrected chi connectivity index (χ2v) is 5.41. The van der Waals surface area contributed by atoms with Crippen LogP contribution in [0.2, 0.25) is 0 Å². The van der Waals surface area contributed by atoms with Gasteiger partial charge in [-0.15, -0.1) is 11.8 Å². The van der Waals surface area contributed by atoms with Crippen molar-refractivity contribution in [1.29, 1.82) is 0 Å². The normalized spacial score (nSPS) is 12.1. The lowest BCUT2D eigenvalue weighted by Crippen LogP contribution is -1.95. The molecule has 0 aromatic heterocycles. The van der Waals surface area contributed by atoms with Gasteiger partial charge in [0.1, 0.15) is 0 Å². The number of hydrogen-bond acceptors (Lipinski definition) is 2. The topological polar surface area (TPSA) is 37.3 Å². The van der Waals surface area contributed by atoms with Crippen LogP contribution in [0.25, 0.3) is 0 Å². The van der Waals surface area contributed by atoms with E-state index >= 15 is 0 Å². The largest absolute Gasteiger partial charge is 0.478 e. The van der Waals surface area contributed by atoms with E-state index in [9.17, 15) is 4.79 Å². The zero-order valence-electron chi connectivity index (χ0n) is 10.0. The molecule has 0 aliphatic rings. The molecule has 2 aromatic carbocycles. The summed E-state index contributed by atoms with van der Waals surface area (Å²) in [5, 5.41) is 9.18. The lowest BCUT2D eigenvalue weighted by Gasteiger charge is -2.11. The first-order valence-corrected chi connectivity index (χ1v) is 6.60. The molecule has 0 radical (unpaired) electrons. The number of hydrogen-bond donors (Lipinski definition) is 1. The highest BCUT2D eigenvalue weighted by molar-refractivity contribution is 7.99. The predicted molar refractivity (Wildman–Crippen MR) is 74.1 cm³/mol. The molecule has 0 amide bonds. The lowest BCUT2D eigenvalue weighted by molar-refractivity contribution is 0.0697. The van der Waals surface area contributed by atoms with Crippen molar-refractivity contribution >= 4 is 17.7 Å². The van der Waals surface area contributed by atoms with Crippen LogP contribution >= 0.6 is 11.8 Å². The SMILES string of the molecule is CC(Sc1ccc(C(=O)O)cc1)c1ccccc1. The average molecular weight is 258 g/mol. The van der Waals surface area contributed by atoms with Crippen LogP contribution in [0.5, 0.6) is 0 Å². The molecule has 0 spiro atoms. The fourth-order valence-corrected chi connectivity index (χ4v) is 2.67. The zero-order valence-corrected chi connectivity index (χ0v) is 10.9. The highest BCUT2D eigenvalue weighted by Crippen LogP contribution is 2.34. The van der Waals surface area contributed by atoms with Gasteiger partial charge in [-0.1, -0.05) is 30.3 Å². The molecule has 2 nitrogen and oxygen atoms in total. The van der Waals surface area contributed by atoms with Crippen molar-refractivity contribution < 1.29 is 9.90 Å². The fraction of sp³-hybridized carbons (Fsp3) is 0.133. The maximum absolute atomic E-state index is 10.7. The second kappa shape index (κ2) is 5.74. The third kappa shape index (κ3) is 3.14. The van der Waals surface area contributed by atoms with Gasteiger partial charge in [0.25, 0.3) is 0 Å². The third-order valence-corrected chi connectivity index (χ3v) is 3.85. The molecule has 0 aliphatic carbocycles. The first kappa shape index (κ1) is 12.7. The Labute approximate surface area is 111 Å². The highest BCUT2D eigenvalue weighted by atomic mass is 32.2. The molecule has 0 fully saturated rings. The van der Waals surface area contributed by atoms with Gasteiger partial charge in [-0.3, -0.25) is 0 Å². The monoisotopic (exact) mass is 258 g/mol. The zero-order chi connectivity index (χ0) is 13.0. The minimum Gasteiger partial charge on any atom is -0.478 e. The van der Waals surface area contributed by atoms with E-state index in [2.05, 4.69) is 19.1 Å². The van der Waals surface area contributed by atoms with Crippen LogP contribution in [0.1, 0.15) is 28.1 Å². The average Bonchev–Trinajstić information content (AvgIpc) is 2.40. The molecule has 18 heavy (non-hydrogen) atoms. The second-order valence-electron chi connectivity index (χ2n) is 4.00. The minimum absolute atomic E-state index is 0.326. The maximum atomic E-state index is 10.7. The summed E-state index contributed by atoms with van der Waals surface area (Å²) in [6.07, 6.45) is 0. The molecular weight excluding hydrogens is 244 g/mol. The summed E-state index contributed by atoms with van der Waals surface area (Å²) in [4.78, 5) is 11.8. The van der Waals surface area contributed by atoms with E-state index in [0.717, 1.165) is 4.90 Å². The molecule has 1 atom stereocenters. The van der Waals surface area contributed by atoms with Crippen LogP contribution in [-0.4, -0.2) is 11.1 Å². The molecule has 1 N–H and O–H groups in total. The van der Waals surface area contributed by atoms with Crippen LogP contribution in [0.3, 0.4) is 0 Å². The number of thioether (sulfide) groups is 1. The summed E-state index contributed by atoms with van der Waals surface area (Å²) >= 11 is 1.72. The van der Waals surface area contributed by atoms with Gasteiger partial charge in [0.15, 0.2) is 0 Å². The number of benzene rings is 2. The Hall–Kier alpha value is -1.74. The van der Waals surface area contributed by atoms with Gasteiger partial charge >= 0.3 is 5.97 Å². The van der Waals surface area contributed by atoms with E-state index in [1.54, 1.807) is 23.9 Å². The number of carboxylic acids is 1. The molecule has 0 saturated heterocycles. The molecule has 0 bridgehead atoms. The van der Waals surface area contributed by atoms with Crippen molar-refractivity contribution in [3.05, 3.63) is 65.7 Å². The van der Waals surface area contributed by atoms with Crippen molar-refractivity contribution in [3.8, 4) is 0 Å². The molecule has 0 saturated carbocycles. The fourth-order valence-electron chi connectivity index (χ4n) is 1.67. The maximum Gasteiger partial charge on any atom is 0.335 e. The van der Waals surface area contributed by atoms with Crippen LogP contribution in [-0.2, 0) is 0 Å². The van der Waals surface area contributed by atoms with E-state index in [-0.39, 0.29) is 0 Å². The minimum atomic E-state index is -0.886. The van der Waals surface area contributed by atoms with Crippen molar-refractivity contribution in [1.82, 2.24) is 0 Å². The smallest absolute Gasteiger partial charge is 0.335 e. The summed E-state index contributed by atoms with van der Waals surface area (Å²) in [6.45, 7) is 2.14. The number of carboxylic acid groups (broad SMARTS) is 1. The Morgan fingerprint density at radius 2 is 1.67 bits per heavy atom. The third-order valence-electron chi connectivity index (χ3n) is 2.68.